The van der Waals surface area contributed by atoms with Crippen molar-refractivity contribution < 1.29 is 4.79 Å². The van der Waals surface area contributed by atoms with E-state index in [1.807, 2.05) is 0 Å². The van der Waals surface area contributed by atoms with Gasteiger partial charge in [0.05, 0.1) is 6.54 Å². The van der Waals surface area contributed by atoms with Gasteiger partial charge in [-0.3, -0.25) is 9.69 Å². The maximum Gasteiger partial charge on any atom is 0.234 e. The van der Waals surface area contributed by atoms with Crippen molar-refractivity contribution in [2.75, 3.05) is 59.4 Å². The second-order valence-electron chi connectivity index (χ2n) is 5.25. The lowest BCUT2D eigenvalue weighted by Gasteiger charge is -2.26. The molecular weight excluding hydrogens is 216 g/mol. The minimum atomic E-state index is 0.182. The highest BCUT2D eigenvalue weighted by Crippen LogP contribution is 2.12. The summed E-state index contributed by atoms with van der Waals surface area (Å²) in [6, 6.07) is 0. The lowest BCUT2D eigenvalue weighted by atomic mass is 10.1. The van der Waals surface area contributed by atoms with Gasteiger partial charge in [-0.15, -0.1) is 0 Å². The average Bonchev–Trinajstić information content (AvgIpc) is 2.74. The van der Waals surface area contributed by atoms with Gasteiger partial charge in [-0.25, -0.2) is 0 Å². The van der Waals surface area contributed by atoms with Crippen molar-refractivity contribution >= 4 is 5.91 Å². The molecule has 0 aromatic rings. The molecule has 1 unspecified atom stereocenters. The molecule has 17 heavy (non-hydrogen) atoms. The van der Waals surface area contributed by atoms with Gasteiger partial charge >= 0.3 is 0 Å². The molecule has 2 fully saturated rings. The van der Waals surface area contributed by atoms with Crippen LogP contribution in [-0.2, 0) is 4.79 Å². The third-order valence-electron chi connectivity index (χ3n) is 3.65. The van der Waals surface area contributed by atoms with Crippen molar-refractivity contribution in [3.63, 3.8) is 0 Å². The molecule has 0 aromatic carbocycles. The predicted octanol–water partition coefficient (Wildman–Crippen LogP) is -1.04. The van der Waals surface area contributed by atoms with Crippen molar-refractivity contribution in [3.05, 3.63) is 0 Å². The van der Waals surface area contributed by atoms with Crippen LogP contribution in [0, 0.1) is 5.92 Å². The number of rotatable bonds is 4. The maximum atomic E-state index is 11.8. The van der Waals surface area contributed by atoms with Crippen LogP contribution in [0.15, 0.2) is 0 Å². The normalized spacial score (nSPS) is 27.2. The first-order valence-corrected chi connectivity index (χ1v) is 6.62. The van der Waals surface area contributed by atoms with E-state index in [9.17, 15) is 4.79 Å². The van der Waals surface area contributed by atoms with Gasteiger partial charge < -0.3 is 15.5 Å². The van der Waals surface area contributed by atoms with Crippen LogP contribution in [0.3, 0.4) is 0 Å². The van der Waals surface area contributed by atoms with Crippen LogP contribution >= 0.6 is 0 Å². The van der Waals surface area contributed by atoms with E-state index < -0.39 is 0 Å². The fraction of sp³-hybridized carbons (Fsp3) is 0.917. The van der Waals surface area contributed by atoms with Gasteiger partial charge in [-0.05, 0) is 25.9 Å². The van der Waals surface area contributed by atoms with E-state index in [0.717, 1.165) is 39.3 Å². The molecule has 5 heteroatoms. The molecule has 0 radical (unpaired) electrons. The summed E-state index contributed by atoms with van der Waals surface area (Å²) >= 11 is 0. The Balaban J connectivity index is 1.60. The Bertz CT molecular complexity index is 253. The molecule has 2 rings (SSSR count). The van der Waals surface area contributed by atoms with Crippen LogP contribution in [0.4, 0.5) is 0 Å². The standard InChI is InChI=1S/C12H24N4O/c1-15-5-2-11(9-15)8-14-12(17)10-16-6-3-13-4-7-16/h11,13H,2-10H2,1H3,(H,14,17). The summed E-state index contributed by atoms with van der Waals surface area (Å²) in [5, 5.41) is 6.36. The molecule has 5 nitrogen and oxygen atoms in total. The van der Waals surface area contributed by atoms with Crippen molar-refractivity contribution in [2.45, 2.75) is 6.42 Å². The largest absolute Gasteiger partial charge is 0.355 e. The Morgan fingerprint density at radius 3 is 2.76 bits per heavy atom. The molecule has 2 aliphatic rings. The van der Waals surface area contributed by atoms with Crippen molar-refractivity contribution in [1.82, 2.24) is 20.4 Å². The smallest absolute Gasteiger partial charge is 0.234 e. The molecule has 1 amide bonds. The zero-order valence-electron chi connectivity index (χ0n) is 10.7. The van der Waals surface area contributed by atoms with Gasteiger partial charge in [0.2, 0.25) is 5.91 Å². The molecule has 0 saturated carbocycles. The predicted molar refractivity (Wildman–Crippen MR) is 67.9 cm³/mol. The number of nitrogens with zero attached hydrogens (tertiary/aromatic N) is 2. The zero-order valence-corrected chi connectivity index (χ0v) is 10.7. The zero-order chi connectivity index (χ0) is 12.1. The summed E-state index contributed by atoms with van der Waals surface area (Å²) in [4.78, 5) is 16.3. The van der Waals surface area contributed by atoms with Crippen LogP contribution in [-0.4, -0.2) is 75.1 Å². The molecule has 0 aliphatic carbocycles. The van der Waals surface area contributed by atoms with E-state index in [0.29, 0.717) is 12.5 Å². The quantitative estimate of drug-likeness (QED) is 0.659. The van der Waals surface area contributed by atoms with Crippen LogP contribution in [0.5, 0.6) is 0 Å². The Morgan fingerprint density at radius 1 is 1.35 bits per heavy atom. The van der Waals surface area contributed by atoms with Gasteiger partial charge in [-0.1, -0.05) is 0 Å². The number of carbonyl (C=O) groups excluding carboxylic acids is 1. The fourth-order valence-corrected chi connectivity index (χ4v) is 2.58. The van der Waals surface area contributed by atoms with E-state index in [1.165, 1.54) is 13.0 Å². The first kappa shape index (κ1) is 12.8. The van der Waals surface area contributed by atoms with Crippen LogP contribution in [0.2, 0.25) is 0 Å². The molecule has 0 aromatic heterocycles. The minimum Gasteiger partial charge on any atom is -0.355 e. The Hall–Kier alpha value is -0.650. The van der Waals surface area contributed by atoms with Crippen molar-refractivity contribution in [1.29, 1.82) is 0 Å². The van der Waals surface area contributed by atoms with Crippen molar-refractivity contribution in [3.8, 4) is 0 Å². The summed E-state index contributed by atoms with van der Waals surface area (Å²) in [6.45, 7) is 7.66. The highest BCUT2D eigenvalue weighted by molar-refractivity contribution is 5.78. The van der Waals surface area contributed by atoms with Gasteiger partial charge in [0, 0.05) is 39.3 Å². The van der Waals surface area contributed by atoms with E-state index in [4.69, 9.17) is 0 Å². The van der Waals surface area contributed by atoms with E-state index in [2.05, 4.69) is 27.5 Å². The molecule has 2 heterocycles. The number of nitrogens with one attached hydrogen (secondary N) is 2. The Kier molecular flexibility index (Phi) is 4.76. The molecule has 0 spiro atoms. The number of piperazine rings is 1. The Labute approximate surface area is 104 Å². The number of likely N-dealkylation sites (tertiary alicyclic amines) is 1. The first-order valence-electron chi connectivity index (χ1n) is 6.62. The molecule has 98 valence electrons. The third kappa shape index (κ3) is 4.26. The van der Waals surface area contributed by atoms with Gasteiger partial charge in [0.25, 0.3) is 0 Å². The third-order valence-corrected chi connectivity index (χ3v) is 3.65. The number of amides is 1. The first-order chi connectivity index (χ1) is 8.24. The lowest BCUT2D eigenvalue weighted by molar-refractivity contribution is -0.122. The monoisotopic (exact) mass is 240 g/mol. The van der Waals surface area contributed by atoms with Crippen LogP contribution in [0.1, 0.15) is 6.42 Å². The molecule has 0 bridgehead atoms. The number of carbonyl (C=O) groups is 1. The lowest BCUT2D eigenvalue weighted by Crippen LogP contribution is -2.48. The summed E-state index contributed by atoms with van der Waals surface area (Å²) in [7, 11) is 2.14. The van der Waals surface area contributed by atoms with E-state index in [1.54, 1.807) is 0 Å². The summed E-state index contributed by atoms with van der Waals surface area (Å²) in [6.07, 6.45) is 1.21. The number of hydrogen-bond acceptors (Lipinski definition) is 4. The fourth-order valence-electron chi connectivity index (χ4n) is 2.58. The van der Waals surface area contributed by atoms with Gasteiger partial charge in [0.15, 0.2) is 0 Å². The molecule has 2 saturated heterocycles. The van der Waals surface area contributed by atoms with Crippen LogP contribution < -0.4 is 10.6 Å². The molecule has 1 atom stereocenters. The summed E-state index contributed by atoms with van der Waals surface area (Å²) in [5.74, 6) is 0.827. The minimum absolute atomic E-state index is 0.182. The highest BCUT2D eigenvalue weighted by atomic mass is 16.2. The Morgan fingerprint density at radius 2 is 2.12 bits per heavy atom. The van der Waals surface area contributed by atoms with Gasteiger partial charge in [-0.2, -0.15) is 0 Å². The van der Waals surface area contributed by atoms with Crippen molar-refractivity contribution in [2.24, 2.45) is 5.92 Å². The number of hydrogen-bond donors (Lipinski definition) is 2. The molecule has 2 aliphatic heterocycles. The molecular formula is C12H24N4O. The summed E-state index contributed by atoms with van der Waals surface area (Å²) in [5.41, 5.74) is 0. The topological polar surface area (TPSA) is 47.6 Å². The van der Waals surface area contributed by atoms with E-state index >= 15 is 0 Å². The van der Waals surface area contributed by atoms with E-state index in [-0.39, 0.29) is 5.91 Å². The second-order valence-corrected chi connectivity index (χ2v) is 5.25. The maximum absolute atomic E-state index is 11.8. The SMILES string of the molecule is CN1CCC(CNC(=O)CN2CCNCC2)C1. The molecule has 2 N–H and O–H groups in total. The van der Waals surface area contributed by atoms with Gasteiger partial charge in [0.1, 0.15) is 0 Å². The second kappa shape index (κ2) is 6.33. The highest BCUT2D eigenvalue weighted by Gasteiger charge is 2.20. The van der Waals surface area contributed by atoms with Crippen LogP contribution in [0.25, 0.3) is 0 Å². The summed E-state index contributed by atoms with van der Waals surface area (Å²) < 4.78 is 0. The average molecular weight is 240 g/mol.